The Morgan fingerprint density at radius 2 is 1.59 bits per heavy atom. The summed E-state index contributed by atoms with van der Waals surface area (Å²) < 4.78 is 41.0. The van der Waals surface area contributed by atoms with Gasteiger partial charge in [-0.3, -0.25) is 57.9 Å². The normalized spacial score (nSPS) is 18.2. The third kappa shape index (κ3) is 13.5. The van der Waals surface area contributed by atoms with E-state index in [-0.39, 0.29) is 73.6 Å². The van der Waals surface area contributed by atoms with E-state index < -0.39 is 90.4 Å². The highest BCUT2D eigenvalue weighted by Crippen LogP contribution is 2.59. The molecule has 0 radical (unpaired) electrons. The van der Waals surface area contributed by atoms with Crippen LogP contribution in [0, 0.1) is 11.8 Å². The van der Waals surface area contributed by atoms with Gasteiger partial charge in [0.1, 0.15) is 30.2 Å². The number of anilines is 1. The minimum atomic E-state index is -5.87. The second-order valence-electron chi connectivity index (χ2n) is 21.0. The number of halogens is 2. The first-order valence-electron chi connectivity index (χ1n) is 27.4. The zero-order chi connectivity index (χ0) is 59.2. The highest BCUT2D eigenvalue weighted by Gasteiger charge is 2.51. The van der Waals surface area contributed by atoms with Crippen molar-refractivity contribution in [3.8, 4) is 11.8 Å². The van der Waals surface area contributed by atoms with E-state index in [1.807, 2.05) is 12.1 Å². The zero-order valence-corrected chi connectivity index (χ0v) is 46.6. The number of carbonyl (C=O) groups is 9. The number of carbonyl (C=O) groups excluding carboxylic acids is 9. The topological polar surface area (TPSA) is 304 Å². The molecule has 1 aromatic heterocycles. The van der Waals surface area contributed by atoms with Gasteiger partial charge in [-0.2, -0.15) is 8.78 Å². The predicted octanol–water partition coefficient (Wildman–Crippen LogP) is 4.88. The van der Waals surface area contributed by atoms with Gasteiger partial charge in [0.05, 0.1) is 10.6 Å². The molecule has 83 heavy (non-hydrogen) atoms. The molecule has 20 nitrogen and oxygen atoms in total. The Kier molecular flexibility index (Phi) is 18.3. The van der Waals surface area contributed by atoms with Gasteiger partial charge in [0.15, 0.2) is 0 Å². The maximum atomic E-state index is 14.6. The van der Waals surface area contributed by atoms with Crippen LogP contribution in [0.4, 0.5) is 14.5 Å². The highest BCUT2D eigenvalue weighted by molar-refractivity contribution is 7.52. The number of nitrogens with two attached hydrogens (primary N) is 1. The average molecular weight is 1180 g/mol. The Morgan fingerprint density at radius 3 is 2.35 bits per heavy atom. The number of thiophene rings is 1. The number of fused-ring (bicyclic) bond motifs is 2. The van der Waals surface area contributed by atoms with Crippen LogP contribution in [0.25, 0.3) is 10.1 Å². The van der Waals surface area contributed by atoms with Gasteiger partial charge >= 0.3 is 13.3 Å². The molecule has 0 bridgehead atoms. The molecule has 9 amide bonds. The second kappa shape index (κ2) is 25.5. The van der Waals surface area contributed by atoms with Crippen molar-refractivity contribution in [2.75, 3.05) is 11.4 Å². The number of nitrogens with zero attached hydrogens (tertiary/aromatic N) is 2. The van der Waals surface area contributed by atoms with Crippen LogP contribution in [0.15, 0.2) is 91.0 Å². The summed E-state index contributed by atoms with van der Waals surface area (Å²) in [7, 11) is -5.87. The summed E-state index contributed by atoms with van der Waals surface area (Å²) >= 11 is 0.915. The van der Waals surface area contributed by atoms with Crippen LogP contribution < -0.4 is 37.2 Å². The van der Waals surface area contributed by atoms with E-state index in [0.717, 1.165) is 71.4 Å². The third-order valence-corrected chi connectivity index (χ3v) is 17.4. The van der Waals surface area contributed by atoms with Crippen molar-refractivity contribution >= 4 is 87.9 Å². The summed E-state index contributed by atoms with van der Waals surface area (Å²) in [5.41, 5.74) is 4.70. The van der Waals surface area contributed by atoms with Crippen LogP contribution in [-0.4, -0.2) is 105 Å². The summed E-state index contributed by atoms with van der Waals surface area (Å²) in [6, 6.07) is 18.3. The van der Waals surface area contributed by atoms with Crippen LogP contribution in [-0.2, 0) is 69.6 Å². The Balaban J connectivity index is 0.795. The first kappa shape index (κ1) is 59.5. The number of primary amides is 1. The smallest absolute Gasteiger partial charge is 0.370 e. The molecular formula is C59H61F2N8O12PS. The number of aryl methyl sites for hydroxylation is 1. The number of imide groups is 1. The first-order valence-corrected chi connectivity index (χ1v) is 29.8. The lowest BCUT2D eigenvalue weighted by Crippen LogP contribution is -2.59. The molecule has 5 heterocycles. The molecule has 4 aliphatic heterocycles. The van der Waals surface area contributed by atoms with Crippen molar-refractivity contribution in [2.24, 2.45) is 5.73 Å². The lowest BCUT2D eigenvalue weighted by atomic mass is 10.0. The molecule has 1 fully saturated rings. The lowest BCUT2D eigenvalue weighted by Gasteiger charge is -2.29. The molecule has 9 rings (SSSR count). The minimum Gasteiger partial charge on any atom is -0.370 e. The molecule has 1 saturated heterocycles. The number of rotatable bonds is 22. The van der Waals surface area contributed by atoms with Gasteiger partial charge in [0.2, 0.25) is 41.4 Å². The van der Waals surface area contributed by atoms with Gasteiger partial charge in [-0.05, 0) is 96.5 Å². The summed E-state index contributed by atoms with van der Waals surface area (Å²) in [4.78, 5) is 142. The molecule has 24 heteroatoms. The van der Waals surface area contributed by atoms with E-state index in [1.54, 1.807) is 54.6 Å². The molecule has 1 unspecified atom stereocenters. The fraction of sp³-hybridized carbons (Fsp3) is 0.373. The number of piperidine rings is 1. The standard InChI is InChI=1S/C59H61F2N8O12PS/c60-59(61,82(79,80)81)39-21-25-47-38(30-39)32-48(83-47)56(76)65-43-22-20-36-17-11-18-37-31-46(69(51(36)37)58(43)78)55(75)64-42(23-26-49(62)70)53(73)66-44(29-34-13-7-6-8-14-34)52(72)63-28-10-5-3-1-2-4-9-15-35-16-12-19-40-41(35)33-68(57(40)77)45-24-27-50(71)67-54(45)74/h6-8,11-14,16-19,21,25,30,32,42-46H,1-5,10,20,22-24,26-29,31,33H2,(H2,62,70)(H,63,72)(H,64,75)(H,65,76)(H,66,73)(H,67,71,74)(H2,79,80,81)/t42-,43-,44-,45?,46-/m0/s1. The molecule has 0 saturated carbocycles. The van der Waals surface area contributed by atoms with Crippen LogP contribution in [0.3, 0.4) is 0 Å². The predicted molar refractivity (Wildman–Crippen MR) is 301 cm³/mol. The molecular weight excluding hydrogens is 1110 g/mol. The maximum Gasteiger partial charge on any atom is 0.399 e. The molecule has 0 aliphatic carbocycles. The Morgan fingerprint density at radius 1 is 0.843 bits per heavy atom. The number of nitrogens with one attached hydrogen (secondary N) is 5. The van der Waals surface area contributed by atoms with Crippen molar-refractivity contribution in [3.63, 3.8) is 0 Å². The maximum absolute atomic E-state index is 14.6. The SMILES string of the molecule is NC(=O)CC[C@H](NC(=O)[C@@H]1Cc2cccc3c2N1C(=O)[C@@H](NC(=O)c1cc2cc(C(F)(F)P(=O)(O)O)ccc2s1)CC3)C(=O)N[C@@H](Cc1ccccc1)C(=O)NCCCCCCCC#Cc1cccc2c1CN(C1CCC(=O)NC1=O)C2=O. The Hall–Kier alpha value is -8.16. The van der Waals surface area contributed by atoms with Gasteiger partial charge in [-0.25, -0.2) is 0 Å². The lowest BCUT2D eigenvalue weighted by molar-refractivity contribution is -0.137. The molecule has 4 aliphatic rings. The van der Waals surface area contributed by atoms with Gasteiger partial charge in [0.25, 0.3) is 11.8 Å². The fourth-order valence-corrected chi connectivity index (χ4v) is 12.4. The van der Waals surface area contributed by atoms with E-state index in [1.165, 1.54) is 21.9 Å². The van der Waals surface area contributed by atoms with Crippen molar-refractivity contribution in [1.82, 2.24) is 31.5 Å². The van der Waals surface area contributed by atoms with Crippen molar-refractivity contribution in [3.05, 3.63) is 135 Å². The molecule has 9 N–H and O–H groups in total. The van der Waals surface area contributed by atoms with E-state index >= 15 is 0 Å². The van der Waals surface area contributed by atoms with Crippen molar-refractivity contribution < 1.29 is 66.3 Å². The Labute approximate surface area is 479 Å². The minimum absolute atomic E-state index is 0.0232. The second-order valence-corrected chi connectivity index (χ2v) is 23.8. The summed E-state index contributed by atoms with van der Waals surface area (Å²) in [6.45, 7) is 0.543. The highest BCUT2D eigenvalue weighted by atomic mass is 32.1. The summed E-state index contributed by atoms with van der Waals surface area (Å²) in [5.74, 6) is 1.20. The van der Waals surface area contributed by atoms with Crippen LogP contribution in [0.5, 0.6) is 0 Å². The third-order valence-electron chi connectivity index (χ3n) is 15.3. The van der Waals surface area contributed by atoms with Crippen LogP contribution in [0.1, 0.15) is 124 Å². The number of hydrogen-bond donors (Lipinski definition) is 8. The zero-order valence-electron chi connectivity index (χ0n) is 44.9. The van der Waals surface area contributed by atoms with Crippen LogP contribution >= 0.6 is 18.9 Å². The molecule has 434 valence electrons. The average Bonchev–Trinajstić information content (AvgIpc) is 4.27. The first-order chi connectivity index (χ1) is 39.7. The molecule has 4 aromatic carbocycles. The number of hydrogen-bond acceptors (Lipinski definition) is 11. The number of benzene rings is 4. The van der Waals surface area contributed by atoms with Crippen molar-refractivity contribution in [1.29, 1.82) is 0 Å². The number of para-hydroxylation sites is 1. The fourth-order valence-electron chi connectivity index (χ4n) is 10.9. The summed E-state index contributed by atoms with van der Waals surface area (Å²) in [6.07, 6.45) is 5.01. The monoisotopic (exact) mass is 1170 g/mol. The number of alkyl halides is 2. The van der Waals surface area contributed by atoms with E-state index in [2.05, 4.69) is 38.4 Å². The Bertz CT molecular complexity index is 3530. The van der Waals surface area contributed by atoms with Gasteiger partial charge < -0.3 is 41.7 Å². The van der Waals surface area contributed by atoms with E-state index in [4.69, 9.17) is 5.73 Å². The molecule has 5 aromatic rings. The quantitative estimate of drug-likeness (QED) is 0.0199. The summed E-state index contributed by atoms with van der Waals surface area (Å²) in [5, 5.41) is 13.6. The number of unbranched alkanes of at least 4 members (excludes halogenated alkanes) is 5. The van der Waals surface area contributed by atoms with Gasteiger partial charge in [-0.1, -0.05) is 91.8 Å². The van der Waals surface area contributed by atoms with Crippen LogP contribution in [0.2, 0.25) is 0 Å². The van der Waals surface area contributed by atoms with Crippen molar-refractivity contribution in [2.45, 2.75) is 132 Å². The molecule has 0 spiro atoms. The van der Waals surface area contributed by atoms with E-state index in [0.29, 0.717) is 47.3 Å². The van der Waals surface area contributed by atoms with E-state index in [9.17, 15) is 66.3 Å². The number of amides is 9. The molecule has 5 atom stereocenters. The van der Waals surface area contributed by atoms with Gasteiger partial charge in [0, 0.05) is 66.6 Å². The largest absolute Gasteiger partial charge is 0.399 e. The van der Waals surface area contributed by atoms with Gasteiger partial charge in [-0.15, -0.1) is 11.3 Å².